The van der Waals surface area contributed by atoms with Gasteiger partial charge in [0.15, 0.2) is 0 Å². The third-order valence-corrected chi connectivity index (χ3v) is 7.32. The van der Waals surface area contributed by atoms with E-state index < -0.39 is 34.5 Å². The molecule has 1 saturated carbocycles. The van der Waals surface area contributed by atoms with Gasteiger partial charge in [0.1, 0.15) is 23.0 Å². The van der Waals surface area contributed by atoms with Gasteiger partial charge in [0.05, 0.1) is 37.8 Å². The molecular weight excluding hydrogens is 538 g/mol. The number of carbonyl (C=O) groups is 3. The summed E-state index contributed by atoms with van der Waals surface area (Å²) in [4.78, 5) is 40.9. The fourth-order valence-corrected chi connectivity index (χ4v) is 5.37. The Labute approximate surface area is 252 Å². The molecule has 9 nitrogen and oxygen atoms in total. The lowest BCUT2D eigenvalue weighted by atomic mass is 9.75. The summed E-state index contributed by atoms with van der Waals surface area (Å²) in [6.07, 6.45) is 3.74. The van der Waals surface area contributed by atoms with Crippen LogP contribution in [0.3, 0.4) is 0 Å². The number of amides is 1. The maximum Gasteiger partial charge on any atom is 0.329 e. The van der Waals surface area contributed by atoms with Crippen LogP contribution in [0.15, 0.2) is 24.3 Å². The molecule has 1 amide bonds. The molecular formula is C33H53NO8. The minimum Gasteiger partial charge on any atom is -0.497 e. The van der Waals surface area contributed by atoms with Crippen LogP contribution in [0.2, 0.25) is 0 Å². The minimum atomic E-state index is -0.890. The van der Waals surface area contributed by atoms with E-state index in [0.717, 1.165) is 18.4 Å². The predicted molar refractivity (Wildman–Crippen MR) is 161 cm³/mol. The zero-order chi connectivity index (χ0) is 31.6. The van der Waals surface area contributed by atoms with Crippen LogP contribution in [0.1, 0.15) is 92.6 Å². The minimum absolute atomic E-state index is 0.231. The van der Waals surface area contributed by atoms with Crippen molar-refractivity contribution in [1.29, 1.82) is 0 Å². The van der Waals surface area contributed by atoms with Crippen LogP contribution in [0.5, 0.6) is 5.75 Å². The molecule has 0 radical (unpaired) electrons. The molecule has 0 spiro atoms. The summed E-state index contributed by atoms with van der Waals surface area (Å²) in [6.45, 7) is 13.7. The van der Waals surface area contributed by atoms with Crippen molar-refractivity contribution in [3.05, 3.63) is 29.8 Å². The Morgan fingerprint density at radius 3 is 1.98 bits per heavy atom. The highest BCUT2D eigenvalue weighted by Gasteiger charge is 2.46. The van der Waals surface area contributed by atoms with Crippen LogP contribution < -0.4 is 10.1 Å². The summed E-state index contributed by atoms with van der Waals surface area (Å²) in [5.74, 6) is -0.914. The van der Waals surface area contributed by atoms with Crippen molar-refractivity contribution >= 4 is 17.8 Å². The third-order valence-electron chi connectivity index (χ3n) is 7.32. The van der Waals surface area contributed by atoms with Gasteiger partial charge in [-0.05, 0) is 91.8 Å². The lowest BCUT2D eigenvalue weighted by molar-refractivity contribution is -0.164. The molecule has 1 fully saturated rings. The largest absolute Gasteiger partial charge is 0.497 e. The number of ether oxygens (including phenoxy) is 5. The van der Waals surface area contributed by atoms with Gasteiger partial charge in [-0.15, -0.1) is 0 Å². The molecule has 1 aliphatic rings. The Bertz CT molecular complexity index is 1000. The smallest absolute Gasteiger partial charge is 0.329 e. The van der Waals surface area contributed by atoms with Crippen molar-refractivity contribution in [3.8, 4) is 5.75 Å². The van der Waals surface area contributed by atoms with Crippen molar-refractivity contribution in [2.24, 2.45) is 11.3 Å². The fraction of sp³-hybridized carbons (Fsp3) is 0.727. The maximum atomic E-state index is 14.1. The van der Waals surface area contributed by atoms with Gasteiger partial charge in [-0.2, -0.15) is 0 Å². The van der Waals surface area contributed by atoms with E-state index >= 15 is 0 Å². The topological polar surface area (TPSA) is 109 Å². The molecule has 1 aliphatic carbocycles. The first-order valence-corrected chi connectivity index (χ1v) is 15.1. The predicted octanol–water partition coefficient (Wildman–Crippen LogP) is 5.41. The molecule has 0 saturated heterocycles. The van der Waals surface area contributed by atoms with E-state index in [2.05, 4.69) is 5.32 Å². The lowest BCUT2D eigenvalue weighted by Crippen LogP contribution is -2.51. The molecule has 0 bridgehead atoms. The normalized spacial score (nSPS) is 17.2. The van der Waals surface area contributed by atoms with E-state index in [1.54, 1.807) is 35.0 Å². The monoisotopic (exact) mass is 591 g/mol. The highest BCUT2D eigenvalue weighted by molar-refractivity contribution is 5.89. The molecule has 2 rings (SSSR count). The molecule has 42 heavy (non-hydrogen) atoms. The molecule has 238 valence electrons. The first-order chi connectivity index (χ1) is 19.6. The van der Waals surface area contributed by atoms with Crippen LogP contribution >= 0.6 is 0 Å². The Balaban J connectivity index is 2.32. The molecule has 1 aromatic rings. The van der Waals surface area contributed by atoms with Gasteiger partial charge >= 0.3 is 11.9 Å². The third kappa shape index (κ3) is 11.9. The van der Waals surface area contributed by atoms with Gasteiger partial charge < -0.3 is 29.0 Å². The summed E-state index contributed by atoms with van der Waals surface area (Å²) in [7, 11) is 3.20. The summed E-state index contributed by atoms with van der Waals surface area (Å²) < 4.78 is 27.7. The highest BCUT2D eigenvalue weighted by atomic mass is 16.6. The van der Waals surface area contributed by atoms with E-state index in [4.69, 9.17) is 23.7 Å². The summed E-state index contributed by atoms with van der Waals surface area (Å²) in [5, 5.41) is 3.04. The molecule has 3 atom stereocenters. The highest BCUT2D eigenvalue weighted by Crippen LogP contribution is 2.45. The standard InChI is InChI=1S/C33H53NO8/c1-23(40-19-18-38-8)20-25(28(35)41-31(2,3)4)22-33(16-10-11-17-33)30(37)34-27(29(36)42-32(5,6)7)21-24-12-14-26(39-9)15-13-24/h12-15,23,25,27H,10-11,16-22H2,1-9H3,(H,34,37)/t23?,25-,27+/m1/s1. The van der Waals surface area contributed by atoms with Gasteiger partial charge in [-0.25, -0.2) is 4.79 Å². The Kier molecular flexibility index (Phi) is 13.3. The van der Waals surface area contributed by atoms with Crippen LogP contribution in [0.25, 0.3) is 0 Å². The summed E-state index contributed by atoms with van der Waals surface area (Å²) in [6, 6.07) is 6.50. The molecule has 1 N–H and O–H groups in total. The first kappa shape index (κ1) is 35.5. The van der Waals surface area contributed by atoms with Gasteiger partial charge in [-0.3, -0.25) is 9.59 Å². The van der Waals surface area contributed by atoms with E-state index in [1.165, 1.54) is 0 Å². The van der Waals surface area contributed by atoms with Gasteiger partial charge in [0.25, 0.3) is 0 Å². The number of carbonyl (C=O) groups excluding carboxylic acids is 3. The molecule has 9 heteroatoms. The average molecular weight is 592 g/mol. The number of hydrogen-bond acceptors (Lipinski definition) is 8. The zero-order valence-corrected chi connectivity index (χ0v) is 27.2. The second-order valence-electron chi connectivity index (χ2n) is 13.4. The number of benzene rings is 1. The number of nitrogens with one attached hydrogen (secondary N) is 1. The van der Waals surface area contributed by atoms with Crippen LogP contribution in [-0.4, -0.2) is 68.6 Å². The average Bonchev–Trinajstić information content (AvgIpc) is 3.36. The van der Waals surface area contributed by atoms with Crippen molar-refractivity contribution in [2.75, 3.05) is 27.4 Å². The molecule has 0 aliphatic heterocycles. The Morgan fingerprint density at radius 2 is 1.45 bits per heavy atom. The number of methoxy groups -OCH3 is 2. The van der Waals surface area contributed by atoms with Crippen LogP contribution in [0, 0.1) is 11.3 Å². The van der Waals surface area contributed by atoms with Crippen LogP contribution in [0.4, 0.5) is 0 Å². The Morgan fingerprint density at radius 1 is 0.881 bits per heavy atom. The van der Waals surface area contributed by atoms with Crippen molar-refractivity contribution in [3.63, 3.8) is 0 Å². The van der Waals surface area contributed by atoms with E-state index in [-0.39, 0.29) is 24.4 Å². The van der Waals surface area contributed by atoms with E-state index in [0.29, 0.717) is 44.6 Å². The van der Waals surface area contributed by atoms with Gasteiger partial charge in [0, 0.05) is 13.5 Å². The molecule has 1 unspecified atom stereocenters. The van der Waals surface area contributed by atoms with Crippen molar-refractivity contribution in [1.82, 2.24) is 5.32 Å². The summed E-state index contributed by atoms with van der Waals surface area (Å²) >= 11 is 0. The lowest BCUT2D eigenvalue weighted by Gasteiger charge is -2.34. The summed E-state index contributed by atoms with van der Waals surface area (Å²) in [5.41, 5.74) is -1.33. The number of hydrogen-bond donors (Lipinski definition) is 1. The second kappa shape index (κ2) is 15.7. The quantitative estimate of drug-likeness (QED) is 0.213. The van der Waals surface area contributed by atoms with Crippen molar-refractivity contribution in [2.45, 2.75) is 117 Å². The van der Waals surface area contributed by atoms with Gasteiger partial charge in [0.2, 0.25) is 5.91 Å². The maximum absolute atomic E-state index is 14.1. The number of esters is 2. The van der Waals surface area contributed by atoms with E-state index in [9.17, 15) is 14.4 Å². The Hall–Kier alpha value is -2.65. The van der Waals surface area contributed by atoms with Crippen molar-refractivity contribution < 1.29 is 38.1 Å². The SMILES string of the molecule is COCCOC(C)C[C@H](CC1(C(=O)N[C@@H](Cc2ccc(OC)cc2)C(=O)OC(C)(C)C)CCCC1)C(=O)OC(C)(C)C. The van der Waals surface area contributed by atoms with Gasteiger partial charge in [-0.1, -0.05) is 25.0 Å². The molecule has 0 heterocycles. The number of rotatable bonds is 15. The van der Waals surface area contributed by atoms with E-state index in [1.807, 2.05) is 52.0 Å². The molecule has 0 aromatic heterocycles. The zero-order valence-electron chi connectivity index (χ0n) is 27.2. The first-order valence-electron chi connectivity index (χ1n) is 15.1. The van der Waals surface area contributed by atoms with Crippen LogP contribution in [-0.2, 0) is 39.8 Å². The fourth-order valence-electron chi connectivity index (χ4n) is 5.37. The second-order valence-corrected chi connectivity index (χ2v) is 13.4. The molecule has 1 aromatic carbocycles.